The van der Waals surface area contributed by atoms with Crippen LogP contribution in [0.4, 0.5) is 24.5 Å². The Labute approximate surface area is 150 Å². The van der Waals surface area contributed by atoms with Gasteiger partial charge in [0.1, 0.15) is 0 Å². The molecule has 0 atom stereocenters. The third-order valence-electron chi connectivity index (χ3n) is 4.34. The molecule has 138 valence electrons. The molecule has 3 rings (SSSR count). The molecule has 1 fully saturated rings. The third kappa shape index (κ3) is 4.76. The Kier molecular flexibility index (Phi) is 5.46. The van der Waals surface area contributed by atoms with Crippen molar-refractivity contribution in [1.82, 2.24) is 4.90 Å². The van der Waals surface area contributed by atoms with Crippen LogP contribution < -0.4 is 10.2 Å². The van der Waals surface area contributed by atoms with Crippen molar-refractivity contribution in [2.75, 3.05) is 42.9 Å². The summed E-state index contributed by atoms with van der Waals surface area (Å²) in [5.41, 5.74) is 0.674. The molecule has 0 spiro atoms. The van der Waals surface area contributed by atoms with Crippen LogP contribution in [0.3, 0.4) is 0 Å². The van der Waals surface area contributed by atoms with Crippen LogP contribution in [-0.2, 0) is 11.0 Å². The molecule has 26 heavy (non-hydrogen) atoms. The molecule has 1 aliphatic heterocycles. The molecule has 1 N–H and O–H groups in total. The van der Waals surface area contributed by atoms with Gasteiger partial charge in [-0.05, 0) is 30.3 Å². The number of piperazine rings is 1. The highest BCUT2D eigenvalue weighted by molar-refractivity contribution is 5.92. The van der Waals surface area contributed by atoms with Gasteiger partial charge in [0.05, 0.1) is 12.1 Å². The lowest BCUT2D eigenvalue weighted by molar-refractivity contribution is -0.137. The van der Waals surface area contributed by atoms with Crippen LogP contribution in [0, 0.1) is 0 Å². The van der Waals surface area contributed by atoms with Crippen molar-refractivity contribution in [3.63, 3.8) is 0 Å². The van der Waals surface area contributed by atoms with Crippen LogP contribution in [0.1, 0.15) is 5.56 Å². The Balaban J connectivity index is 1.52. The number of hydrogen-bond donors (Lipinski definition) is 1. The molecule has 0 aliphatic carbocycles. The SMILES string of the molecule is O=C(CN1CCN(c2cccc(C(F)(F)F)c2)CC1)Nc1ccccc1. The highest BCUT2D eigenvalue weighted by atomic mass is 19.4. The van der Waals surface area contributed by atoms with E-state index in [9.17, 15) is 18.0 Å². The lowest BCUT2D eigenvalue weighted by atomic mass is 10.1. The molecule has 1 heterocycles. The number of para-hydroxylation sites is 1. The minimum Gasteiger partial charge on any atom is -0.369 e. The van der Waals surface area contributed by atoms with Crippen LogP contribution in [0.15, 0.2) is 54.6 Å². The fraction of sp³-hybridized carbons (Fsp3) is 0.316. The number of carbonyl (C=O) groups is 1. The standard InChI is InChI=1S/C19H20F3N3O/c20-19(21,22)15-5-4-8-17(13-15)25-11-9-24(10-12-25)14-18(26)23-16-6-2-1-3-7-16/h1-8,13H,9-12,14H2,(H,23,26). The number of alkyl halides is 3. The van der Waals surface area contributed by atoms with Crippen molar-refractivity contribution in [1.29, 1.82) is 0 Å². The van der Waals surface area contributed by atoms with Crippen LogP contribution in [0.2, 0.25) is 0 Å². The van der Waals surface area contributed by atoms with Crippen molar-refractivity contribution in [3.05, 3.63) is 60.2 Å². The quantitative estimate of drug-likeness (QED) is 0.904. The molecule has 0 unspecified atom stereocenters. The summed E-state index contributed by atoms with van der Waals surface area (Å²) in [7, 11) is 0. The summed E-state index contributed by atoms with van der Waals surface area (Å²) in [6.45, 7) is 2.68. The fourth-order valence-corrected chi connectivity index (χ4v) is 2.97. The number of nitrogens with one attached hydrogen (secondary N) is 1. The summed E-state index contributed by atoms with van der Waals surface area (Å²) < 4.78 is 38.5. The molecule has 0 radical (unpaired) electrons. The summed E-state index contributed by atoms with van der Waals surface area (Å²) in [5, 5.41) is 2.84. The van der Waals surface area contributed by atoms with Gasteiger partial charge in [-0.1, -0.05) is 24.3 Å². The Bertz CT molecular complexity index is 741. The number of rotatable bonds is 4. The molecule has 1 amide bonds. The second kappa shape index (κ2) is 7.78. The van der Waals surface area contributed by atoms with Gasteiger partial charge in [0, 0.05) is 37.6 Å². The second-order valence-corrected chi connectivity index (χ2v) is 6.23. The molecule has 0 bridgehead atoms. The number of benzene rings is 2. The first-order chi connectivity index (χ1) is 12.4. The number of carbonyl (C=O) groups excluding carboxylic acids is 1. The Morgan fingerprint density at radius 2 is 1.65 bits per heavy atom. The summed E-state index contributed by atoms with van der Waals surface area (Å²) >= 11 is 0. The fourth-order valence-electron chi connectivity index (χ4n) is 2.97. The summed E-state index contributed by atoms with van der Waals surface area (Å²) in [4.78, 5) is 16.0. The number of amides is 1. The summed E-state index contributed by atoms with van der Waals surface area (Å²) in [6, 6.07) is 14.6. The molecular weight excluding hydrogens is 343 g/mol. The van der Waals surface area contributed by atoms with E-state index in [0.717, 1.165) is 11.8 Å². The largest absolute Gasteiger partial charge is 0.416 e. The first-order valence-electron chi connectivity index (χ1n) is 8.41. The lowest BCUT2D eigenvalue weighted by Crippen LogP contribution is -2.48. The van der Waals surface area contributed by atoms with Gasteiger partial charge in [0.25, 0.3) is 0 Å². The predicted octanol–water partition coefficient (Wildman–Crippen LogP) is 3.47. The third-order valence-corrected chi connectivity index (χ3v) is 4.34. The average Bonchev–Trinajstić information content (AvgIpc) is 2.62. The van der Waals surface area contributed by atoms with E-state index in [-0.39, 0.29) is 12.5 Å². The lowest BCUT2D eigenvalue weighted by Gasteiger charge is -2.36. The zero-order chi connectivity index (χ0) is 18.6. The predicted molar refractivity (Wildman–Crippen MR) is 95.2 cm³/mol. The average molecular weight is 363 g/mol. The zero-order valence-corrected chi connectivity index (χ0v) is 14.2. The topological polar surface area (TPSA) is 35.6 Å². The van der Waals surface area contributed by atoms with E-state index in [1.807, 2.05) is 40.1 Å². The molecule has 7 heteroatoms. The molecule has 1 aliphatic rings. The van der Waals surface area contributed by atoms with Gasteiger partial charge in [-0.25, -0.2) is 0 Å². The number of nitrogens with zero attached hydrogens (tertiary/aromatic N) is 2. The van der Waals surface area contributed by atoms with Crippen LogP contribution in [-0.4, -0.2) is 43.5 Å². The van der Waals surface area contributed by atoms with E-state index in [2.05, 4.69) is 5.32 Å². The van der Waals surface area contributed by atoms with Crippen molar-refractivity contribution in [3.8, 4) is 0 Å². The minimum absolute atomic E-state index is 0.0938. The highest BCUT2D eigenvalue weighted by Crippen LogP contribution is 2.31. The maximum absolute atomic E-state index is 12.8. The van der Waals surface area contributed by atoms with Gasteiger partial charge in [0.15, 0.2) is 0 Å². The Morgan fingerprint density at radius 3 is 2.31 bits per heavy atom. The van der Waals surface area contributed by atoms with Crippen LogP contribution >= 0.6 is 0 Å². The molecule has 2 aromatic carbocycles. The molecular formula is C19H20F3N3O. The van der Waals surface area contributed by atoms with E-state index in [1.54, 1.807) is 6.07 Å². The molecule has 4 nitrogen and oxygen atoms in total. The van der Waals surface area contributed by atoms with Crippen LogP contribution in [0.5, 0.6) is 0 Å². The maximum Gasteiger partial charge on any atom is 0.416 e. The van der Waals surface area contributed by atoms with Crippen LogP contribution in [0.25, 0.3) is 0 Å². The van der Waals surface area contributed by atoms with E-state index >= 15 is 0 Å². The van der Waals surface area contributed by atoms with Gasteiger partial charge >= 0.3 is 6.18 Å². The zero-order valence-electron chi connectivity index (χ0n) is 14.2. The molecule has 0 saturated carbocycles. The smallest absolute Gasteiger partial charge is 0.369 e. The Hall–Kier alpha value is -2.54. The first-order valence-corrected chi connectivity index (χ1v) is 8.41. The number of anilines is 2. The van der Waals surface area contributed by atoms with Crippen molar-refractivity contribution < 1.29 is 18.0 Å². The monoisotopic (exact) mass is 363 g/mol. The summed E-state index contributed by atoms with van der Waals surface area (Å²) in [6.07, 6.45) is -4.34. The van der Waals surface area contributed by atoms with Crippen molar-refractivity contribution in [2.24, 2.45) is 0 Å². The van der Waals surface area contributed by atoms with E-state index < -0.39 is 11.7 Å². The molecule has 1 saturated heterocycles. The van der Waals surface area contributed by atoms with Gasteiger partial charge in [0.2, 0.25) is 5.91 Å². The minimum atomic E-state index is -4.34. The van der Waals surface area contributed by atoms with Gasteiger partial charge < -0.3 is 10.2 Å². The van der Waals surface area contributed by atoms with Gasteiger partial charge in [-0.2, -0.15) is 13.2 Å². The molecule has 0 aromatic heterocycles. The normalized spacial score (nSPS) is 15.7. The second-order valence-electron chi connectivity index (χ2n) is 6.23. The Morgan fingerprint density at radius 1 is 0.962 bits per heavy atom. The number of halogens is 3. The van der Waals surface area contributed by atoms with E-state index in [0.29, 0.717) is 31.9 Å². The van der Waals surface area contributed by atoms with E-state index in [1.165, 1.54) is 12.1 Å². The summed E-state index contributed by atoms with van der Waals surface area (Å²) in [5.74, 6) is -0.0938. The van der Waals surface area contributed by atoms with E-state index in [4.69, 9.17) is 0 Å². The first kappa shape index (κ1) is 18.3. The van der Waals surface area contributed by atoms with Gasteiger partial charge in [-0.15, -0.1) is 0 Å². The highest BCUT2D eigenvalue weighted by Gasteiger charge is 2.31. The van der Waals surface area contributed by atoms with Gasteiger partial charge in [-0.3, -0.25) is 9.69 Å². The maximum atomic E-state index is 12.8. The number of hydrogen-bond acceptors (Lipinski definition) is 3. The van der Waals surface area contributed by atoms with Crippen molar-refractivity contribution in [2.45, 2.75) is 6.18 Å². The van der Waals surface area contributed by atoms with Crippen molar-refractivity contribution >= 4 is 17.3 Å². The molecule has 2 aromatic rings.